The second kappa shape index (κ2) is 7.88. The highest BCUT2D eigenvalue weighted by atomic mass is 19.1. The van der Waals surface area contributed by atoms with Crippen molar-refractivity contribution in [2.45, 2.75) is 6.54 Å². The highest BCUT2D eigenvalue weighted by Crippen LogP contribution is 2.20. The Morgan fingerprint density at radius 1 is 1.15 bits per heavy atom. The maximum Gasteiger partial charge on any atom is 0.279 e. The summed E-state index contributed by atoms with van der Waals surface area (Å²) in [7, 11) is 1.83. The second-order valence-corrected chi connectivity index (χ2v) is 5.99. The molecule has 5 nitrogen and oxygen atoms in total. The highest BCUT2D eigenvalue weighted by Gasteiger charge is 2.15. The van der Waals surface area contributed by atoms with Gasteiger partial charge in [-0.15, -0.1) is 0 Å². The lowest BCUT2D eigenvalue weighted by molar-refractivity contribution is -0.886. The van der Waals surface area contributed by atoms with Crippen molar-refractivity contribution in [3.8, 4) is 11.3 Å². The van der Waals surface area contributed by atoms with Crippen LogP contribution in [0.25, 0.3) is 11.3 Å². The van der Waals surface area contributed by atoms with Crippen LogP contribution < -0.4 is 10.2 Å². The molecule has 0 saturated carbocycles. The summed E-state index contributed by atoms with van der Waals surface area (Å²) in [6.07, 6.45) is 1.57. The molecule has 3 rings (SSSR count). The van der Waals surface area contributed by atoms with Gasteiger partial charge in [-0.2, -0.15) is 0 Å². The van der Waals surface area contributed by atoms with Crippen molar-refractivity contribution in [1.82, 2.24) is 4.98 Å². The number of nitrogens with one attached hydrogen (secondary N) is 2. The second-order valence-electron chi connectivity index (χ2n) is 5.99. The Balaban J connectivity index is 1.55. The number of hydrogen-bond acceptors (Lipinski definition) is 3. The van der Waals surface area contributed by atoms with E-state index in [0.717, 1.165) is 10.5 Å². The first kappa shape index (κ1) is 17.8. The minimum Gasteiger partial charge on any atom is -0.435 e. The van der Waals surface area contributed by atoms with Gasteiger partial charge in [-0.1, -0.05) is 6.07 Å². The Labute approximate surface area is 149 Å². The molecule has 0 spiro atoms. The summed E-state index contributed by atoms with van der Waals surface area (Å²) in [4.78, 5) is 17.1. The number of anilines is 1. The Morgan fingerprint density at radius 3 is 2.65 bits per heavy atom. The fourth-order valence-electron chi connectivity index (χ4n) is 2.51. The third-order valence-corrected chi connectivity index (χ3v) is 3.71. The Kier molecular flexibility index (Phi) is 5.38. The number of oxazole rings is 1. The molecule has 1 amide bonds. The zero-order valence-corrected chi connectivity index (χ0v) is 14.1. The average Bonchev–Trinajstić information content (AvgIpc) is 3.03. The summed E-state index contributed by atoms with van der Waals surface area (Å²) >= 11 is 0. The molecule has 3 aromatic rings. The fourth-order valence-corrected chi connectivity index (χ4v) is 2.51. The summed E-state index contributed by atoms with van der Waals surface area (Å²) in [6.45, 7) is 0.572. The van der Waals surface area contributed by atoms with Crippen molar-refractivity contribution in [1.29, 1.82) is 0 Å². The molecule has 0 aliphatic carbocycles. The molecule has 1 aromatic heterocycles. The van der Waals surface area contributed by atoms with Gasteiger partial charge in [-0.05, 0) is 42.5 Å². The van der Waals surface area contributed by atoms with Crippen LogP contribution in [0.3, 0.4) is 0 Å². The number of rotatable bonds is 6. The Bertz CT molecular complexity index is 894. The van der Waals surface area contributed by atoms with Crippen LogP contribution in [0.2, 0.25) is 0 Å². The van der Waals surface area contributed by atoms with Gasteiger partial charge in [0, 0.05) is 11.3 Å². The van der Waals surface area contributed by atoms with E-state index in [1.54, 1.807) is 24.4 Å². The molecule has 2 N–H and O–H groups in total. The van der Waals surface area contributed by atoms with Crippen LogP contribution in [-0.2, 0) is 11.3 Å². The minimum absolute atomic E-state index is 0.171. The molecule has 1 unspecified atom stereocenters. The molecule has 0 aliphatic heterocycles. The van der Waals surface area contributed by atoms with Gasteiger partial charge in [-0.3, -0.25) is 4.79 Å². The Hall–Kier alpha value is -3.06. The number of benzene rings is 2. The van der Waals surface area contributed by atoms with E-state index in [2.05, 4.69) is 10.3 Å². The minimum atomic E-state index is -0.406. The molecular weight excluding hydrogens is 340 g/mol. The van der Waals surface area contributed by atoms with E-state index >= 15 is 0 Å². The van der Waals surface area contributed by atoms with E-state index in [1.807, 2.05) is 7.05 Å². The van der Waals surface area contributed by atoms with Crippen LogP contribution in [-0.4, -0.2) is 24.5 Å². The SMILES string of the molecule is C[NH+](CC(=O)Nc1cccc(F)c1)Cc1ncc(-c2ccc(F)cc2)o1. The maximum atomic E-state index is 13.1. The van der Waals surface area contributed by atoms with E-state index in [0.29, 0.717) is 23.9 Å². The molecule has 134 valence electrons. The first-order chi connectivity index (χ1) is 12.5. The topological polar surface area (TPSA) is 59.6 Å². The van der Waals surface area contributed by atoms with Gasteiger partial charge >= 0.3 is 0 Å². The highest BCUT2D eigenvalue weighted by molar-refractivity contribution is 5.91. The normalized spacial score (nSPS) is 12.0. The first-order valence-corrected chi connectivity index (χ1v) is 8.07. The van der Waals surface area contributed by atoms with Crippen LogP contribution in [0.1, 0.15) is 5.89 Å². The van der Waals surface area contributed by atoms with Gasteiger partial charge in [0.2, 0.25) is 0 Å². The van der Waals surface area contributed by atoms with Gasteiger partial charge in [0.05, 0.1) is 13.2 Å². The van der Waals surface area contributed by atoms with Crippen molar-refractivity contribution in [3.63, 3.8) is 0 Å². The monoisotopic (exact) mass is 358 g/mol. The van der Waals surface area contributed by atoms with Crippen molar-refractivity contribution in [2.75, 3.05) is 18.9 Å². The third kappa shape index (κ3) is 4.73. The molecule has 0 fully saturated rings. The summed E-state index contributed by atoms with van der Waals surface area (Å²) < 4.78 is 31.8. The van der Waals surface area contributed by atoms with Gasteiger partial charge < -0.3 is 14.6 Å². The van der Waals surface area contributed by atoms with Gasteiger partial charge in [-0.25, -0.2) is 13.8 Å². The lowest BCUT2D eigenvalue weighted by atomic mass is 10.2. The number of likely N-dealkylation sites (N-methyl/N-ethyl adjacent to an activating group) is 1. The Morgan fingerprint density at radius 2 is 1.92 bits per heavy atom. The van der Waals surface area contributed by atoms with E-state index in [9.17, 15) is 13.6 Å². The van der Waals surface area contributed by atoms with Gasteiger partial charge in [0.1, 0.15) is 11.6 Å². The molecule has 2 aromatic carbocycles. The molecule has 0 radical (unpaired) electrons. The predicted molar refractivity (Wildman–Crippen MR) is 92.4 cm³/mol. The predicted octanol–water partition coefficient (Wildman–Crippen LogP) is 2.27. The number of carbonyl (C=O) groups excluding carboxylic acids is 1. The lowest BCUT2D eigenvalue weighted by Gasteiger charge is -2.12. The standard InChI is InChI=1S/C19H17F2N3O2/c1-24(11-18(25)23-16-4-2-3-15(21)9-16)12-19-22-10-17(26-19)13-5-7-14(20)8-6-13/h2-10H,11-12H2,1H3,(H,23,25)/p+1. The first-order valence-electron chi connectivity index (χ1n) is 8.07. The molecule has 26 heavy (non-hydrogen) atoms. The summed E-state index contributed by atoms with van der Waals surface area (Å²) in [5, 5.41) is 2.65. The van der Waals surface area contributed by atoms with Crippen molar-refractivity contribution in [2.24, 2.45) is 0 Å². The molecule has 0 bridgehead atoms. The maximum absolute atomic E-state index is 13.1. The molecular formula is C19H18F2N3O2+. The smallest absolute Gasteiger partial charge is 0.279 e. The largest absolute Gasteiger partial charge is 0.435 e. The van der Waals surface area contributed by atoms with Crippen LogP contribution in [0.15, 0.2) is 59.1 Å². The molecule has 1 atom stereocenters. The van der Waals surface area contributed by atoms with Gasteiger partial charge in [0.25, 0.3) is 11.8 Å². The average molecular weight is 358 g/mol. The van der Waals surface area contributed by atoms with E-state index < -0.39 is 5.82 Å². The van der Waals surface area contributed by atoms with E-state index in [-0.39, 0.29) is 18.3 Å². The van der Waals surface area contributed by atoms with Crippen LogP contribution in [0, 0.1) is 11.6 Å². The van der Waals surface area contributed by atoms with Crippen molar-refractivity contribution in [3.05, 3.63) is 72.3 Å². The zero-order chi connectivity index (χ0) is 18.5. The van der Waals surface area contributed by atoms with Crippen LogP contribution in [0.5, 0.6) is 0 Å². The van der Waals surface area contributed by atoms with Crippen molar-refractivity contribution >= 4 is 11.6 Å². The number of nitrogens with zero attached hydrogens (tertiary/aromatic N) is 1. The van der Waals surface area contributed by atoms with Crippen LogP contribution >= 0.6 is 0 Å². The number of quaternary nitrogens is 1. The van der Waals surface area contributed by atoms with E-state index in [1.165, 1.54) is 30.3 Å². The summed E-state index contributed by atoms with van der Waals surface area (Å²) in [6, 6.07) is 11.7. The number of aromatic nitrogens is 1. The zero-order valence-electron chi connectivity index (χ0n) is 14.1. The number of halogens is 2. The number of amides is 1. The van der Waals surface area contributed by atoms with E-state index in [4.69, 9.17) is 4.42 Å². The third-order valence-electron chi connectivity index (χ3n) is 3.71. The quantitative estimate of drug-likeness (QED) is 0.711. The number of hydrogen-bond donors (Lipinski definition) is 2. The lowest BCUT2D eigenvalue weighted by Crippen LogP contribution is -3.08. The molecule has 1 heterocycles. The molecule has 0 saturated heterocycles. The summed E-state index contributed by atoms with van der Waals surface area (Å²) in [5.74, 6) is 0.0504. The molecule has 7 heteroatoms. The summed E-state index contributed by atoms with van der Waals surface area (Å²) in [5.41, 5.74) is 1.14. The van der Waals surface area contributed by atoms with Gasteiger partial charge in [0.15, 0.2) is 18.8 Å². The number of carbonyl (C=O) groups is 1. The fraction of sp³-hybridized carbons (Fsp3) is 0.158. The van der Waals surface area contributed by atoms with Crippen molar-refractivity contribution < 1.29 is 22.9 Å². The molecule has 0 aliphatic rings. The van der Waals surface area contributed by atoms with Crippen LogP contribution in [0.4, 0.5) is 14.5 Å².